The first-order valence-electron chi connectivity index (χ1n) is 47.5. The molecule has 49 heteroatoms. The van der Waals surface area contributed by atoms with Gasteiger partial charge in [0.15, 0.2) is 56.6 Å². The Bertz CT molecular complexity index is 3980. The predicted molar refractivity (Wildman–Crippen MR) is 444 cm³/mol. The van der Waals surface area contributed by atoms with Crippen molar-refractivity contribution in [2.45, 2.75) is 427 Å². The number of aliphatic hydroxyl groups is 28. The van der Waals surface area contributed by atoms with E-state index in [-0.39, 0.29) is 30.5 Å². The fourth-order valence-electron chi connectivity index (χ4n) is 24.5. The summed E-state index contributed by atoms with van der Waals surface area (Å²) in [5.74, 6) is -1.30. The Morgan fingerprint density at radius 1 is 0.350 bits per heavy atom. The molecular formula is C88H144O49. The third kappa shape index (κ3) is 20.0. The molecule has 4 saturated carbocycles. The van der Waals surface area contributed by atoms with E-state index in [1.165, 1.54) is 20.8 Å². The Morgan fingerprint density at radius 2 is 0.745 bits per heavy atom. The lowest BCUT2D eigenvalue weighted by Crippen LogP contribution is -2.67. The van der Waals surface area contributed by atoms with Gasteiger partial charge in [0.1, 0.15) is 214 Å². The molecule has 0 unspecified atom stereocenters. The summed E-state index contributed by atoms with van der Waals surface area (Å²) in [6, 6.07) is 0. The number of rotatable bonds is 26. The minimum absolute atomic E-state index is 0.00826. The smallest absolute Gasteiger partial charge is 0.315 e. The minimum atomic E-state index is -2.18. The van der Waals surface area contributed by atoms with E-state index in [4.69, 9.17) is 94.7 Å². The van der Waals surface area contributed by atoms with Crippen molar-refractivity contribution in [3.05, 3.63) is 11.6 Å². The standard InChI is InChI=1S/C88H144O49/c1-29-44(95)68(133-74-57(108)47(98)34(93)24-118-74)63(114)80(124-29)136-71-48(99)35(94)25-119-81(71)130-43-13-14-84(6)41(85(43,7)28-92)12-15-87(9)42(84)11-10-32-33-20-83(4,5)16-18-88(33,19-17-86(32,87)8)82(117)137-77-60(111)54(105)51(102)40(129-77)27-121-73-62(113)56(107)67(38(23-91)127-73)132-79-65(116)70(46(97)31(3)123-79)135-76-59(110)53(104)50(101)39(128-76)26-120-72-61(112)55(106)66(37(22-90)126-72)131-78-64(115)69(45(96)30(2)122-78)134-75-58(109)52(103)49(100)36(21-89)125-75/h10,29-31,33-81,89-116H,11-28H2,1-9H3/t29-,30-,31-,33-,34+,35-,36+,37+,38+,39+,40+,41+,42+,43-,44-,45-,46-,47+,48-,49+,50+,51+,52-,53-,54-,55+,56+,57+,58+,59+,60+,61+,62+,63+,64+,65+,66+,67+,68+,69+,70+,71+,72+,73+,74-,75-,76-,77-,78-,79-,80-,81-,84-,85-,86+,87+,88-/m0/s1. The van der Waals surface area contributed by atoms with Crippen LogP contribution in [0.5, 0.6) is 0 Å². The summed E-state index contributed by atoms with van der Waals surface area (Å²) in [7, 11) is 0. The second kappa shape index (κ2) is 42.5. The zero-order valence-corrected chi connectivity index (χ0v) is 77.4. The van der Waals surface area contributed by atoms with Gasteiger partial charge in [0, 0.05) is 5.41 Å². The van der Waals surface area contributed by atoms with Crippen LogP contribution in [-0.4, -0.2) is 503 Å². The first-order chi connectivity index (χ1) is 64.5. The van der Waals surface area contributed by atoms with Gasteiger partial charge in [-0.2, -0.15) is 0 Å². The lowest BCUT2D eigenvalue weighted by Gasteiger charge is -2.71. The maximum atomic E-state index is 15.6. The molecule has 28 N–H and O–H groups in total. The van der Waals surface area contributed by atoms with Gasteiger partial charge < -0.3 is 238 Å². The van der Waals surface area contributed by atoms with Gasteiger partial charge in [-0.3, -0.25) is 4.79 Å². The normalized spacial score (nSPS) is 55.3. The van der Waals surface area contributed by atoms with Gasteiger partial charge in [0.05, 0.1) is 82.7 Å². The SMILES string of the molecule is C[C@@H]1O[C@@H](O[C@H]2[C@H](O)[C@@H](O)[C@H](OC[C@H]3O[C@@H](O[C@@H]4[C@@H](O)[C@H](C)O[C@@H](O[C@H]5[C@H](O)[C@@H](O)[C@H](OC[C@H]6O[C@@H](OC(=O)[C@]78CCC(C)(C)C[C@H]7C7=CC[C@@H]9[C@@]%10(C)CC[C@H](O[C@@H]%11OC[C@H](O)[C@H](O)[C@H]%11O[C@@H]%11O[C@@H](C)[C@H](O)[C@@H](O[C@@H]%12OC[C@@H](O)[C@@H](O)[C@H]%12O)[C@H]%11O)[C@@](C)(CO)[C@@H]%10CC[C@@]9(C)[C@]7(C)CC8)[C@H](O)[C@@H](O)[C@@H]6O)O[C@@H]5CO)[C@@H]4O)[C@H](O)[C@@H](O)[C@@H]3O)O[C@@H]2CO)[C@H](O)[C@H](O[C@@H]2O[C@H](CO)[C@@H](O)[C@H](O)[C@H]2O)[C@H]1O. The summed E-state index contributed by atoms with van der Waals surface area (Å²) < 4.78 is 118. The molecule has 10 heterocycles. The molecule has 57 atom stereocenters. The molecule has 10 saturated heterocycles. The highest BCUT2D eigenvalue weighted by atomic mass is 16.8. The van der Waals surface area contributed by atoms with Crippen molar-refractivity contribution in [3.8, 4) is 0 Å². The van der Waals surface area contributed by atoms with E-state index in [9.17, 15) is 143 Å². The Morgan fingerprint density at radius 3 is 1.23 bits per heavy atom. The van der Waals surface area contributed by atoms with Crippen molar-refractivity contribution in [1.29, 1.82) is 0 Å². The summed E-state index contributed by atoms with van der Waals surface area (Å²) >= 11 is 0. The molecule has 15 rings (SSSR count). The zero-order chi connectivity index (χ0) is 99.8. The van der Waals surface area contributed by atoms with Crippen LogP contribution in [0.25, 0.3) is 0 Å². The van der Waals surface area contributed by atoms with E-state index in [2.05, 4.69) is 40.7 Å². The van der Waals surface area contributed by atoms with Crippen LogP contribution >= 0.6 is 0 Å². The first-order valence-corrected chi connectivity index (χ1v) is 47.5. The molecule has 5 aliphatic carbocycles. The van der Waals surface area contributed by atoms with Crippen LogP contribution < -0.4 is 0 Å². The van der Waals surface area contributed by atoms with Crippen molar-refractivity contribution >= 4 is 5.97 Å². The number of esters is 1. The molecule has 10 aliphatic heterocycles. The number of fused-ring (bicyclic) bond motifs is 7. The predicted octanol–water partition coefficient (Wildman–Crippen LogP) is -11.8. The fourth-order valence-corrected chi connectivity index (χ4v) is 24.5. The van der Waals surface area contributed by atoms with E-state index in [1.54, 1.807) is 0 Å². The number of carbonyl (C=O) groups is 1. The maximum Gasteiger partial charge on any atom is 0.315 e. The lowest BCUT2D eigenvalue weighted by atomic mass is 9.33. The Kier molecular flexibility index (Phi) is 33.7. The second-order valence-electron chi connectivity index (χ2n) is 42.1. The molecule has 15 aliphatic rings. The van der Waals surface area contributed by atoms with Gasteiger partial charge in [-0.25, -0.2) is 0 Å². The molecule has 0 spiro atoms. The van der Waals surface area contributed by atoms with Crippen LogP contribution in [0.2, 0.25) is 0 Å². The molecule has 0 aromatic rings. The molecule has 14 fully saturated rings. The number of ether oxygens (including phenoxy) is 20. The quantitative estimate of drug-likeness (QED) is 0.0217. The van der Waals surface area contributed by atoms with Crippen LogP contribution in [-0.2, 0) is 99.5 Å². The van der Waals surface area contributed by atoms with Crippen molar-refractivity contribution < 1.29 is 243 Å². The third-order valence-electron chi connectivity index (χ3n) is 33.3. The summed E-state index contributed by atoms with van der Waals surface area (Å²) in [5.41, 5.74) is -2.74. The number of aliphatic hydroxyl groups excluding tert-OH is 28. The molecule has 137 heavy (non-hydrogen) atoms. The van der Waals surface area contributed by atoms with Gasteiger partial charge in [-0.1, -0.05) is 53.2 Å². The monoisotopic (exact) mass is 1980 g/mol. The zero-order valence-electron chi connectivity index (χ0n) is 77.4. The molecule has 0 bridgehead atoms. The van der Waals surface area contributed by atoms with Crippen LogP contribution in [0.1, 0.15) is 127 Å². The summed E-state index contributed by atoms with van der Waals surface area (Å²) in [4.78, 5) is 15.6. The second-order valence-corrected chi connectivity index (χ2v) is 42.1. The van der Waals surface area contributed by atoms with Gasteiger partial charge in [0.2, 0.25) is 6.29 Å². The van der Waals surface area contributed by atoms with E-state index >= 15 is 4.79 Å². The highest BCUT2D eigenvalue weighted by molar-refractivity contribution is 5.79. The van der Waals surface area contributed by atoms with Crippen LogP contribution in [0.4, 0.5) is 0 Å². The number of hydrogen-bond donors (Lipinski definition) is 28. The first kappa shape index (κ1) is 109. The molecule has 0 radical (unpaired) electrons. The topological polar surface area (TPSA) is 768 Å². The van der Waals surface area contributed by atoms with Gasteiger partial charge >= 0.3 is 5.97 Å². The maximum absolute atomic E-state index is 15.6. The van der Waals surface area contributed by atoms with E-state index < -0.39 is 380 Å². The highest BCUT2D eigenvalue weighted by Crippen LogP contribution is 2.76. The van der Waals surface area contributed by atoms with Crippen LogP contribution in [0.15, 0.2) is 11.6 Å². The Balaban J connectivity index is 0.555. The molecular weight excluding hydrogens is 1840 g/mol. The molecule has 790 valence electrons. The third-order valence-corrected chi connectivity index (χ3v) is 33.3. The fraction of sp³-hybridized carbons (Fsp3) is 0.966. The largest absolute Gasteiger partial charge is 0.432 e. The minimum Gasteiger partial charge on any atom is -0.432 e. The van der Waals surface area contributed by atoms with Gasteiger partial charge in [-0.15, -0.1) is 0 Å². The van der Waals surface area contributed by atoms with E-state index in [1.807, 2.05) is 6.92 Å². The van der Waals surface area contributed by atoms with E-state index in [0.29, 0.717) is 64.2 Å². The van der Waals surface area contributed by atoms with Gasteiger partial charge in [-0.05, 0) is 124 Å². The van der Waals surface area contributed by atoms with Crippen molar-refractivity contribution in [1.82, 2.24) is 0 Å². The van der Waals surface area contributed by atoms with E-state index in [0.717, 1.165) is 5.57 Å². The van der Waals surface area contributed by atoms with Crippen molar-refractivity contribution in [2.24, 2.45) is 50.2 Å². The molecule has 0 aromatic heterocycles. The highest BCUT2D eigenvalue weighted by Gasteiger charge is 2.72. The van der Waals surface area contributed by atoms with Crippen LogP contribution in [0, 0.1) is 50.2 Å². The summed E-state index contributed by atoms with van der Waals surface area (Å²) in [6.07, 6.45) is -79.6. The Hall–Kier alpha value is -2.67. The van der Waals surface area contributed by atoms with Gasteiger partial charge in [0.25, 0.3) is 0 Å². The van der Waals surface area contributed by atoms with Crippen LogP contribution in [0.3, 0.4) is 0 Å². The molecule has 49 nitrogen and oxygen atoms in total. The average Bonchev–Trinajstić information content (AvgIpc) is 0.671. The van der Waals surface area contributed by atoms with Crippen molar-refractivity contribution in [3.63, 3.8) is 0 Å². The molecule has 0 amide bonds. The Labute approximate surface area is 787 Å². The lowest BCUT2D eigenvalue weighted by molar-refractivity contribution is -0.385. The average molecular weight is 1990 g/mol. The number of hydrogen-bond acceptors (Lipinski definition) is 49. The van der Waals surface area contributed by atoms with Crippen molar-refractivity contribution in [2.75, 3.05) is 52.9 Å². The molecule has 0 aromatic carbocycles. The number of carbonyl (C=O) groups excluding carboxylic acids is 1. The summed E-state index contributed by atoms with van der Waals surface area (Å²) in [6.45, 7) is 11.4. The summed E-state index contributed by atoms with van der Waals surface area (Å²) in [5, 5.41) is 311. The number of allylic oxidation sites excluding steroid dienone is 2.